The van der Waals surface area contributed by atoms with Crippen molar-refractivity contribution in [3.05, 3.63) is 63.0 Å². The molecule has 0 saturated carbocycles. The Hall–Kier alpha value is -1.85. The Balaban J connectivity index is 2.09. The molecule has 0 atom stereocenters. The number of aromatic hydroxyl groups is 1. The largest absolute Gasteiger partial charge is 0.507 e. The van der Waals surface area contributed by atoms with Crippen LogP contribution in [0.3, 0.4) is 0 Å². The number of aliphatic imine (C=N–C) groups is 1. The highest BCUT2D eigenvalue weighted by molar-refractivity contribution is 9.11. The van der Waals surface area contributed by atoms with Gasteiger partial charge in [-0.3, -0.25) is 4.99 Å². The molecule has 1 N–H and O–H groups in total. The Morgan fingerprint density at radius 2 is 1.74 bits per heavy atom. The molecule has 3 aromatic rings. The van der Waals surface area contributed by atoms with Gasteiger partial charge in [-0.2, -0.15) is 0 Å². The van der Waals surface area contributed by atoms with Crippen LogP contribution in [0.2, 0.25) is 0 Å². The van der Waals surface area contributed by atoms with Crippen LogP contribution >= 0.6 is 31.9 Å². The molecule has 0 heterocycles. The standard InChI is InChI=1S/C18H13Br2NO2/c1-23-12-8-15(19)18(16(20)9-12)21-10-14-13-5-3-2-4-11(13)6-7-17(14)22/h2-10,22H,1H3. The summed E-state index contributed by atoms with van der Waals surface area (Å²) in [5.41, 5.74) is 1.43. The zero-order valence-electron chi connectivity index (χ0n) is 12.3. The van der Waals surface area contributed by atoms with Crippen LogP contribution in [-0.4, -0.2) is 18.4 Å². The third-order valence-corrected chi connectivity index (χ3v) is 4.71. The summed E-state index contributed by atoms with van der Waals surface area (Å²) in [4.78, 5) is 4.53. The summed E-state index contributed by atoms with van der Waals surface area (Å²) in [5.74, 6) is 0.934. The van der Waals surface area contributed by atoms with E-state index in [0.717, 1.165) is 31.2 Å². The third-order valence-electron chi connectivity index (χ3n) is 3.50. The topological polar surface area (TPSA) is 41.8 Å². The smallest absolute Gasteiger partial charge is 0.124 e. The van der Waals surface area contributed by atoms with Crippen molar-refractivity contribution in [2.45, 2.75) is 0 Å². The van der Waals surface area contributed by atoms with Gasteiger partial charge < -0.3 is 9.84 Å². The molecule has 23 heavy (non-hydrogen) atoms. The van der Waals surface area contributed by atoms with E-state index in [4.69, 9.17) is 4.74 Å². The predicted molar refractivity (Wildman–Crippen MR) is 101 cm³/mol. The molecule has 0 fully saturated rings. The first-order valence-corrected chi connectivity index (χ1v) is 8.46. The highest BCUT2D eigenvalue weighted by Gasteiger charge is 2.08. The number of methoxy groups -OCH3 is 1. The minimum Gasteiger partial charge on any atom is -0.507 e. The molecule has 3 nitrogen and oxygen atoms in total. The number of nitrogens with zero attached hydrogens (tertiary/aromatic N) is 1. The lowest BCUT2D eigenvalue weighted by Gasteiger charge is -2.07. The second kappa shape index (κ2) is 6.72. The van der Waals surface area contributed by atoms with Crippen molar-refractivity contribution in [1.29, 1.82) is 0 Å². The third kappa shape index (κ3) is 3.26. The zero-order valence-corrected chi connectivity index (χ0v) is 15.4. The van der Waals surface area contributed by atoms with Gasteiger partial charge in [0, 0.05) is 20.7 Å². The van der Waals surface area contributed by atoms with Crippen molar-refractivity contribution in [1.82, 2.24) is 0 Å². The fraction of sp³-hybridized carbons (Fsp3) is 0.0556. The molecule has 0 amide bonds. The number of ether oxygens (including phenoxy) is 1. The highest BCUT2D eigenvalue weighted by atomic mass is 79.9. The molecule has 0 unspecified atom stereocenters. The Morgan fingerprint density at radius 3 is 2.43 bits per heavy atom. The molecule has 5 heteroatoms. The first kappa shape index (κ1) is 16.0. The molecule has 0 aliphatic rings. The number of benzene rings is 3. The summed E-state index contributed by atoms with van der Waals surface area (Å²) in [5, 5.41) is 12.2. The number of hydrogen-bond donors (Lipinski definition) is 1. The maximum Gasteiger partial charge on any atom is 0.124 e. The second-order valence-corrected chi connectivity index (χ2v) is 6.63. The molecular weight excluding hydrogens is 422 g/mol. The molecule has 0 aromatic heterocycles. The maximum absolute atomic E-state index is 10.2. The van der Waals surface area contributed by atoms with Crippen LogP contribution in [-0.2, 0) is 0 Å². The van der Waals surface area contributed by atoms with E-state index in [9.17, 15) is 5.11 Å². The summed E-state index contributed by atoms with van der Waals surface area (Å²) < 4.78 is 6.83. The fourth-order valence-electron chi connectivity index (χ4n) is 2.33. The van der Waals surface area contributed by atoms with Crippen molar-refractivity contribution < 1.29 is 9.84 Å². The first-order valence-electron chi connectivity index (χ1n) is 6.88. The van der Waals surface area contributed by atoms with E-state index in [0.29, 0.717) is 5.56 Å². The Kier molecular flexibility index (Phi) is 4.68. The molecule has 0 saturated heterocycles. The van der Waals surface area contributed by atoms with Crippen molar-refractivity contribution in [3.8, 4) is 11.5 Å². The lowest BCUT2D eigenvalue weighted by Crippen LogP contribution is -1.87. The van der Waals surface area contributed by atoms with E-state index in [1.54, 1.807) is 19.4 Å². The van der Waals surface area contributed by atoms with Crippen LogP contribution in [0, 0.1) is 0 Å². The van der Waals surface area contributed by atoms with Crippen LogP contribution in [0.25, 0.3) is 10.8 Å². The average molecular weight is 435 g/mol. The van der Waals surface area contributed by atoms with E-state index in [2.05, 4.69) is 36.9 Å². The van der Waals surface area contributed by atoms with E-state index in [1.165, 1.54) is 0 Å². The van der Waals surface area contributed by atoms with Gasteiger partial charge >= 0.3 is 0 Å². The number of halogens is 2. The van der Waals surface area contributed by atoms with Gasteiger partial charge in [0.15, 0.2) is 0 Å². The zero-order chi connectivity index (χ0) is 16.4. The van der Waals surface area contributed by atoms with Gasteiger partial charge in [-0.25, -0.2) is 0 Å². The molecule has 0 bridgehead atoms. The van der Waals surface area contributed by atoms with Crippen LogP contribution in [0.5, 0.6) is 11.5 Å². The average Bonchev–Trinajstić information content (AvgIpc) is 2.55. The van der Waals surface area contributed by atoms with Crippen molar-refractivity contribution in [2.75, 3.05) is 7.11 Å². The molecule has 0 radical (unpaired) electrons. The lowest BCUT2D eigenvalue weighted by molar-refractivity contribution is 0.414. The molecule has 0 spiro atoms. The minimum absolute atomic E-state index is 0.202. The van der Waals surface area contributed by atoms with Gasteiger partial charge in [-0.1, -0.05) is 30.3 Å². The SMILES string of the molecule is COc1cc(Br)c(N=Cc2c(O)ccc3ccccc23)c(Br)c1. The maximum atomic E-state index is 10.2. The van der Waals surface area contributed by atoms with Crippen LogP contribution in [0.1, 0.15) is 5.56 Å². The Morgan fingerprint density at radius 1 is 1.04 bits per heavy atom. The Labute approximate surface area is 150 Å². The fourth-order valence-corrected chi connectivity index (χ4v) is 3.68. The monoisotopic (exact) mass is 433 g/mol. The van der Waals surface area contributed by atoms with Gasteiger partial charge in [-0.15, -0.1) is 0 Å². The summed E-state index contributed by atoms with van der Waals surface area (Å²) >= 11 is 6.99. The van der Waals surface area contributed by atoms with Crippen LogP contribution in [0.4, 0.5) is 5.69 Å². The van der Waals surface area contributed by atoms with Gasteiger partial charge in [-0.05, 0) is 60.8 Å². The van der Waals surface area contributed by atoms with Crippen LogP contribution < -0.4 is 4.74 Å². The van der Waals surface area contributed by atoms with Crippen molar-refractivity contribution >= 4 is 54.5 Å². The number of rotatable bonds is 3. The van der Waals surface area contributed by atoms with Crippen molar-refractivity contribution in [2.24, 2.45) is 4.99 Å². The van der Waals surface area contributed by atoms with Gasteiger partial charge in [0.1, 0.15) is 11.5 Å². The van der Waals surface area contributed by atoms with E-state index >= 15 is 0 Å². The van der Waals surface area contributed by atoms with E-state index < -0.39 is 0 Å². The molecular formula is C18H13Br2NO2. The first-order chi connectivity index (χ1) is 11.1. The lowest BCUT2D eigenvalue weighted by atomic mass is 10.0. The van der Waals surface area contributed by atoms with Crippen molar-refractivity contribution in [3.63, 3.8) is 0 Å². The highest BCUT2D eigenvalue weighted by Crippen LogP contribution is 2.37. The number of hydrogen-bond acceptors (Lipinski definition) is 3. The Bertz CT molecular complexity index is 884. The normalized spacial score (nSPS) is 11.3. The quantitative estimate of drug-likeness (QED) is 0.527. The molecule has 3 aromatic carbocycles. The van der Waals surface area contributed by atoms with E-state index in [-0.39, 0.29) is 5.75 Å². The second-order valence-electron chi connectivity index (χ2n) is 4.92. The summed E-state index contributed by atoms with van der Waals surface area (Å²) in [6, 6.07) is 15.2. The predicted octanol–water partition coefficient (Wildman–Crippen LogP) is 5.83. The number of fused-ring (bicyclic) bond motifs is 1. The molecule has 3 rings (SSSR count). The van der Waals surface area contributed by atoms with Gasteiger partial charge in [0.25, 0.3) is 0 Å². The summed E-state index contributed by atoms with van der Waals surface area (Å²) in [6.07, 6.45) is 1.68. The molecule has 0 aliphatic carbocycles. The summed E-state index contributed by atoms with van der Waals surface area (Å²) in [7, 11) is 1.62. The minimum atomic E-state index is 0.202. The molecule has 116 valence electrons. The number of phenolic OH excluding ortho intramolecular Hbond substituents is 1. The summed E-state index contributed by atoms with van der Waals surface area (Å²) in [6.45, 7) is 0. The van der Waals surface area contributed by atoms with Crippen LogP contribution in [0.15, 0.2) is 62.5 Å². The van der Waals surface area contributed by atoms with Gasteiger partial charge in [0.2, 0.25) is 0 Å². The number of phenols is 1. The van der Waals surface area contributed by atoms with E-state index in [1.807, 2.05) is 42.5 Å². The molecule has 0 aliphatic heterocycles. The van der Waals surface area contributed by atoms with Gasteiger partial charge in [0.05, 0.1) is 12.8 Å².